The van der Waals surface area contributed by atoms with Gasteiger partial charge in [0.2, 0.25) is 0 Å². The van der Waals surface area contributed by atoms with Crippen LogP contribution < -0.4 is 0 Å². The minimum absolute atomic E-state index is 0.0576. The number of rotatable bonds is 5. The van der Waals surface area contributed by atoms with Crippen LogP contribution in [0.5, 0.6) is 0 Å². The van der Waals surface area contributed by atoms with Crippen molar-refractivity contribution in [2.45, 2.75) is 13.1 Å². The van der Waals surface area contributed by atoms with Gasteiger partial charge < -0.3 is 4.90 Å². The highest BCUT2D eigenvalue weighted by atomic mass is 32.1. The zero-order valence-corrected chi connectivity index (χ0v) is 14.3. The Morgan fingerprint density at radius 2 is 1.88 bits per heavy atom. The standard InChI is InChI=1S/C19H16N4OS/c24-19(16-12-21-17-8-4-5-10-23(16)17)22(14-18-20-9-11-25-18)13-15-6-2-1-3-7-15/h1-12H,13-14H2. The molecule has 3 aromatic heterocycles. The molecule has 0 saturated heterocycles. The molecular weight excluding hydrogens is 332 g/mol. The Bertz CT molecular complexity index is 979. The lowest BCUT2D eigenvalue weighted by atomic mass is 10.2. The van der Waals surface area contributed by atoms with Crippen molar-refractivity contribution >= 4 is 22.9 Å². The number of hydrogen-bond acceptors (Lipinski definition) is 4. The predicted octanol–water partition coefficient (Wildman–Crippen LogP) is 3.63. The summed E-state index contributed by atoms with van der Waals surface area (Å²) in [7, 11) is 0. The summed E-state index contributed by atoms with van der Waals surface area (Å²) in [5.74, 6) is -0.0576. The van der Waals surface area contributed by atoms with Gasteiger partial charge in [-0.2, -0.15) is 0 Å². The molecule has 4 aromatic rings. The Hall–Kier alpha value is -2.99. The van der Waals surface area contributed by atoms with E-state index in [9.17, 15) is 4.79 Å². The number of fused-ring (bicyclic) bond motifs is 1. The molecule has 0 aliphatic carbocycles. The van der Waals surface area contributed by atoms with Gasteiger partial charge in [-0.25, -0.2) is 9.97 Å². The molecule has 25 heavy (non-hydrogen) atoms. The third-order valence-electron chi connectivity index (χ3n) is 3.95. The second-order valence-electron chi connectivity index (χ2n) is 5.64. The Balaban J connectivity index is 1.67. The number of imidazole rings is 1. The predicted molar refractivity (Wildman–Crippen MR) is 97.3 cm³/mol. The van der Waals surface area contributed by atoms with E-state index in [1.807, 2.05) is 69.4 Å². The first kappa shape index (κ1) is 15.5. The average Bonchev–Trinajstić information content (AvgIpc) is 3.31. The van der Waals surface area contributed by atoms with E-state index in [2.05, 4.69) is 9.97 Å². The summed E-state index contributed by atoms with van der Waals surface area (Å²) in [6.07, 6.45) is 5.26. The number of pyridine rings is 1. The highest BCUT2D eigenvalue weighted by molar-refractivity contribution is 7.09. The smallest absolute Gasteiger partial charge is 0.273 e. The molecule has 0 aliphatic rings. The van der Waals surface area contributed by atoms with Crippen molar-refractivity contribution in [1.82, 2.24) is 19.3 Å². The van der Waals surface area contributed by atoms with Gasteiger partial charge in [0.15, 0.2) is 0 Å². The van der Waals surface area contributed by atoms with E-state index in [1.54, 1.807) is 23.7 Å². The van der Waals surface area contributed by atoms with Crippen molar-refractivity contribution in [3.05, 3.63) is 88.8 Å². The molecule has 0 saturated carbocycles. The molecule has 0 radical (unpaired) electrons. The van der Waals surface area contributed by atoms with Crippen molar-refractivity contribution < 1.29 is 4.79 Å². The van der Waals surface area contributed by atoms with E-state index < -0.39 is 0 Å². The fourth-order valence-corrected chi connectivity index (χ4v) is 3.38. The average molecular weight is 348 g/mol. The maximum Gasteiger partial charge on any atom is 0.273 e. The molecule has 3 heterocycles. The lowest BCUT2D eigenvalue weighted by Gasteiger charge is -2.21. The summed E-state index contributed by atoms with van der Waals surface area (Å²) in [6.45, 7) is 1.00. The number of carbonyl (C=O) groups excluding carboxylic acids is 1. The summed E-state index contributed by atoms with van der Waals surface area (Å²) >= 11 is 1.55. The third-order valence-corrected chi connectivity index (χ3v) is 4.71. The maximum absolute atomic E-state index is 13.2. The maximum atomic E-state index is 13.2. The minimum Gasteiger partial charge on any atom is -0.326 e. The SMILES string of the molecule is O=C(c1cnc2ccccn12)N(Cc1ccccc1)Cc1nccs1. The molecule has 6 heteroatoms. The van der Waals surface area contributed by atoms with E-state index in [0.29, 0.717) is 18.8 Å². The van der Waals surface area contributed by atoms with Crippen LogP contribution in [0.3, 0.4) is 0 Å². The van der Waals surface area contributed by atoms with Gasteiger partial charge in [-0.15, -0.1) is 11.3 Å². The summed E-state index contributed by atoms with van der Waals surface area (Å²) in [4.78, 5) is 23.7. The number of nitrogens with zero attached hydrogens (tertiary/aromatic N) is 4. The molecule has 0 aliphatic heterocycles. The first-order valence-electron chi connectivity index (χ1n) is 7.95. The van der Waals surface area contributed by atoms with E-state index in [-0.39, 0.29) is 5.91 Å². The van der Waals surface area contributed by atoms with Crippen LogP contribution in [0, 0.1) is 0 Å². The van der Waals surface area contributed by atoms with Crippen LogP contribution in [0.25, 0.3) is 5.65 Å². The summed E-state index contributed by atoms with van der Waals surface area (Å²) in [6, 6.07) is 15.7. The Kier molecular flexibility index (Phi) is 4.26. The van der Waals surface area contributed by atoms with Crippen molar-refractivity contribution in [2.75, 3.05) is 0 Å². The zero-order chi connectivity index (χ0) is 17.1. The van der Waals surface area contributed by atoms with Gasteiger partial charge in [-0.1, -0.05) is 36.4 Å². The van der Waals surface area contributed by atoms with Crippen LogP contribution >= 0.6 is 11.3 Å². The highest BCUT2D eigenvalue weighted by Gasteiger charge is 2.21. The molecule has 0 N–H and O–H groups in total. The van der Waals surface area contributed by atoms with Gasteiger partial charge in [-0.3, -0.25) is 9.20 Å². The molecular formula is C19H16N4OS. The van der Waals surface area contributed by atoms with Gasteiger partial charge in [0, 0.05) is 24.3 Å². The van der Waals surface area contributed by atoms with Crippen LogP contribution in [0.1, 0.15) is 21.1 Å². The zero-order valence-electron chi connectivity index (χ0n) is 13.4. The molecule has 0 bridgehead atoms. The van der Waals surface area contributed by atoms with Crippen LogP contribution in [-0.4, -0.2) is 25.2 Å². The van der Waals surface area contributed by atoms with Gasteiger partial charge >= 0.3 is 0 Å². The van der Waals surface area contributed by atoms with Crippen LogP contribution in [0.15, 0.2) is 72.5 Å². The molecule has 4 rings (SSSR count). The quantitative estimate of drug-likeness (QED) is 0.553. The fourth-order valence-electron chi connectivity index (χ4n) is 2.75. The number of aromatic nitrogens is 3. The Labute approximate surface area is 149 Å². The monoisotopic (exact) mass is 348 g/mol. The van der Waals surface area contributed by atoms with Gasteiger partial charge in [-0.05, 0) is 17.7 Å². The van der Waals surface area contributed by atoms with Crippen LogP contribution in [0.4, 0.5) is 0 Å². The normalized spacial score (nSPS) is 10.9. The molecule has 1 aromatic carbocycles. The number of amides is 1. The second kappa shape index (κ2) is 6.86. The molecule has 5 nitrogen and oxygen atoms in total. The topological polar surface area (TPSA) is 50.5 Å². The Morgan fingerprint density at radius 1 is 1.04 bits per heavy atom. The van der Waals surface area contributed by atoms with E-state index in [4.69, 9.17) is 0 Å². The van der Waals surface area contributed by atoms with Gasteiger partial charge in [0.05, 0.1) is 12.7 Å². The van der Waals surface area contributed by atoms with E-state index in [1.165, 1.54) is 0 Å². The van der Waals surface area contributed by atoms with Gasteiger partial charge in [0.25, 0.3) is 5.91 Å². The summed E-state index contributed by atoms with van der Waals surface area (Å²) in [5, 5.41) is 2.84. The first-order valence-corrected chi connectivity index (χ1v) is 8.83. The molecule has 0 spiro atoms. The lowest BCUT2D eigenvalue weighted by Crippen LogP contribution is -2.31. The Morgan fingerprint density at radius 3 is 2.68 bits per heavy atom. The fraction of sp³-hybridized carbons (Fsp3) is 0.105. The van der Waals surface area contributed by atoms with Crippen molar-refractivity contribution in [3.63, 3.8) is 0 Å². The van der Waals surface area contributed by atoms with Gasteiger partial charge in [0.1, 0.15) is 16.3 Å². The number of carbonyl (C=O) groups is 1. The minimum atomic E-state index is -0.0576. The molecule has 124 valence electrons. The summed E-state index contributed by atoms with van der Waals surface area (Å²) in [5.41, 5.74) is 2.41. The van der Waals surface area contributed by atoms with E-state index >= 15 is 0 Å². The first-order chi connectivity index (χ1) is 12.3. The van der Waals surface area contributed by atoms with Crippen LogP contribution in [0.2, 0.25) is 0 Å². The molecule has 0 unspecified atom stereocenters. The summed E-state index contributed by atoms with van der Waals surface area (Å²) < 4.78 is 1.82. The molecule has 0 atom stereocenters. The molecule has 1 amide bonds. The van der Waals surface area contributed by atoms with E-state index in [0.717, 1.165) is 16.2 Å². The van der Waals surface area contributed by atoms with Crippen molar-refractivity contribution in [3.8, 4) is 0 Å². The van der Waals surface area contributed by atoms with Crippen molar-refractivity contribution in [1.29, 1.82) is 0 Å². The third kappa shape index (κ3) is 3.29. The number of thiazole rings is 1. The lowest BCUT2D eigenvalue weighted by molar-refractivity contribution is 0.0723. The highest BCUT2D eigenvalue weighted by Crippen LogP contribution is 2.16. The van der Waals surface area contributed by atoms with Crippen LogP contribution in [-0.2, 0) is 13.1 Å². The van der Waals surface area contributed by atoms with Crippen molar-refractivity contribution in [2.24, 2.45) is 0 Å². The number of hydrogen-bond donors (Lipinski definition) is 0. The second-order valence-corrected chi connectivity index (χ2v) is 6.62. The molecule has 0 fully saturated rings. The number of benzene rings is 1. The largest absolute Gasteiger partial charge is 0.326 e.